The predicted octanol–water partition coefficient (Wildman–Crippen LogP) is 20.5. The monoisotopic (exact) mass is 1330 g/mol. The third kappa shape index (κ3) is 16.8. The van der Waals surface area contributed by atoms with Gasteiger partial charge in [-0.1, -0.05) is 165 Å². The van der Waals surface area contributed by atoms with Gasteiger partial charge < -0.3 is 20.4 Å². The highest BCUT2D eigenvalue weighted by atomic mass is 32.1. The number of nitrogens with zero attached hydrogens (tertiary/aromatic N) is 4. The molecule has 8 heterocycles. The van der Waals surface area contributed by atoms with E-state index in [4.69, 9.17) is 0 Å². The van der Waals surface area contributed by atoms with Gasteiger partial charge in [0.25, 0.3) is 23.6 Å². The molecule has 92 heavy (non-hydrogen) atoms. The van der Waals surface area contributed by atoms with Crippen LogP contribution in [0.15, 0.2) is 156 Å². The van der Waals surface area contributed by atoms with Crippen LogP contribution >= 0.6 is 68.0 Å². The zero-order valence-electron chi connectivity index (χ0n) is 53.0. The van der Waals surface area contributed by atoms with Crippen molar-refractivity contribution in [1.82, 2.24) is 20.4 Å². The second-order valence-electron chi connectivity index (χ2n) is 23.7. The van der Waals surface area contributed by atoms with Crippen molar-refractivity contribution in [3.05, 3.63) is 186 Å². The van der Waals surface area contributed by atoms with Crippen LogP contribution in [0.5, 0.6) is 0 Å². The second-order valence-corrected chi connectivity index (χ2v) is 30.3. The lowest BCUT2D eigenvalue weighted by molar-refractivity contribution is -0.124. The van der Waals surface area contributed by atoms with E-state index in [9.17, 15) is 20.1 Å². The second kappa shape index (κ2) is 33.3. The molecule has 0 saturated carbocycles. The summed E-state index contributed by atoms with van der Waals surface area (Å²) in [6.07, 6.45) is 20.9. The molecule has 2 aliphatic rings. The Morgan fingerprint density at radius 1 is 0.413 bits per heavy atom. The molecule has 2 aliphatic heterocycles. The van der Waals surface area contributed by atoms with E-state index in [0.29, 0.717) is 37.3 Å². The third-order valence-electron chi connectivity index (χ3n) is 16.9. The molecule has 2 unspecified atom stereocenters. The van der Waals surface area contributed by atoms with Crippen LogP contribution in [0.25, 0.3) is 62.6 Å². The number of hydrogen-bond donors (Lipinski definition) is 2. The first-order valence-electron chi connectivity index (χ1n) is 32.6. The van der Waals surface area contributed by atoms with Gasteiger partial charge in [-0.3, -0.25) is 19.2 Å². The maximum Gasteiger partial charge on any atom is 0.262 e. The normalized spacial score (nSPS) is 14.1. The van der Waals surface area contributed by atoms with E-state index in [1.807, 2.05) is 94.7 Å². The Kier molecular flexibility index (Phi) is 24.4. The fraction of sp³-hybridized carbons (Fsp3) is 0.342. The Hall–Kier alpha value is -7.54. The average Bonchev–Trinajstić information content (AvgIpc) is 1.56. The minimum atomic E-state index is -0.414. The fourth-order valence-electron chi connectivity index (χ4n) is 12.0. The molecule has 4 amide bonds. The van der Waals surface area contributed by atoms with Gasteiger partial charge in [-0.2, -0.15) is 10.5 Å². The topological polar surface area (TPSA) is 146 Å². The van der Waals surface area contributed by atoms with E-state index in [0.717, 1.165) is 171 Å². The van der Waals surface area contributed by atoms with Crippen LogP contribution in [-0.2, 0) is 32.3 Å². The van der Waals surface area contributed by atoms with Crippen LogP contribution in [0.4, 0.5) is 0 Å². The van der Waals surface area contributed by atoms with Gasteiger partial charge in [-0.25, -0.2) is 0 Å². The van der Waals surface area contributed by atoms with Crippen LogP contribution in [0.2, 0.25) is 0 Å². The van der Waals surface area contributed by atoms with E-state index in [1.54, 1.807) is 57.5 Å². The van der Waals surface area contributed by atoms with Crippen molar-refractivity contribution in [2.45, 2.75) is 144 Å². The Morgan fingerprint density at radius 2 is 0.728 bits per heavy atom. The summed E-state index contributed by atoms with van der Waals surface area (Å²) in [5, 5.41) is 25.7. The van der Waals surface area contributed by atoms with E-state index in [2.05, 4.69) is 99.0 Å². The number of amides is 4. The maximum absolute atomic E-state index is 16.0. The van der Waals surface area contributed by atoms with Crippen molar-refractivity contribution in [2.24, 2.45) is 11.8 Å². The van der Waals surface area contributed by atoms with Crippen molar-refractivity contribution in [1.29, 1.82) is 10.5 Å². The lowest BCUT2D eigenvalue weighted by Gasteiger charge is -2.29. The van der Waals surface area contributed by atoms with Crippen molar-refractivity contribution >= 4 is 115 Å². The summed E-state index contributed by atoms with van der Waals surface area (Å²) in [7, 11) is 0. The number of nitriles is 2. The molecule has 2 N–H and O–H groups in total. The van der Waals surface area contributed by atoms with E-state index in [1.165, 1.54) is 35.5 Å². The molecule has 10 rings (SSSR count). The van der Waals surface area contributed by atoms with Gasteiger partial charge in [0.1, 0.15) is 23.3 Å². The Morgan fingerprint density at radius 3 is 1.08 bits per heavy atom. The number of nitrogens with one attached hydrogen (secondary N) is 2. The highest BCUT2D eigenvalue weighted by Crippen LogP contribution is 2.52. The molecule has 2 aromatic carbocycles. The summed E-state index contributed by atoms with van der Waals surface area (Å²) in [5.41, 5.74) is 4.54. The molecule has 8 aromatic rings. The first kappa shape index (κ1) is 67.4. The van der Waals surface area contributed by atoms with Crippen LogP contribution < -0.4 is 10.6 Å². The largest absolute Gasteiger partial charge is 0.347 e. The molecule has 0 aliphatic carbocycles. The van der Waals surface area contributed by atoms with Crippen molar-refractivity contribution in [3.63, 3.8) is 0 Å². The highest BCUT2D eigenvalue weighted by Gasteiger charge is 2.50. The first-order chi connectivity index (χ1) is 45.0. The van der Waals surface area contributed by atoms with E-state index < -0.39 is 11.8 Å². The molecule has 6 aromatic heterocycles. The minimum absolute atomic E-state index is 0.0489. The summed E-state index contributed by atoms with van der Waals surface area (Å²) in [6.45, 7) is 10.7. The molecule has 16 heteroatoms. The van der Waals surface area contributed by atoms with Gasteiger partial charge in [0.2, 0.25) is 0 Å². The molecule has 10 nitrogen and oxygen atoms in total. The summed E-state index contributed by atoms with van der Waals surface area (Å²) in [6, 6.07) is 48.5. The summed E-state index contributed by atoms with van der Waals surface area (Å²) in [5.74, 6) is -0.455. The summed E-state index contributed by atoms with van der Waals surface area (Å²) in [4.78, 5) is 74.1. The standard InChI is InChI=1S/C76H80N6O4S6/c1-5-9-13-17-29-53(23-11-7-3)49-81-71(67-41-39-65(91-67)63-37-35-61(89-63)59-33-31-57(87-59)43-55(45-77)73(83)79-47-51-25-19-15-20-26-51)69-70(75(81)85)72(82(76(69)86)50-54(24-12-8-4)30-18-14-10-6-2)68-42-40-66(92-68)64-38-36-62(90-64)60-34-32-58(88-60)44-56(46-78)74(84)80-48-52-27-21-16-22-28-52/h15-16,19-22,25-28,31-44,53-54H,5-14,17-18,23-24,29-30,47-50H2,1-4H3,(H,79,83)(H,80,84)/b55-43+,56-44+. The number of rotatable bonds is 34. The number of hydrogen-bond acceptors (Lipinski definition) is 12. The Bertz CT molecular complexity index is 3800. The van der Waals surface area contributed by atoms with Crippen LogP contribution in [-0.4, -0.2) is 46.5 Å². The van der Waals surface area contributed by atoms with Gasteiger partial charge in [-0.15, -0.1) is 68.0 Å². The smallest absolute Gasteiger partial charge is 0.262 e. The lowest BCUT2D eigenvalue weighted by Crippen LogP contribution is -2.34. The quantitative estimate of drug-likeness (QED) is 0.0233. The molecule has 0 fully saturated rings. The zero-order valence-corrected chi connectivity index (χ0v) is 57.9. The fourth-order valence-corrected chi connectivity index (χ4v) is 18.4. The van der Waals surface area contributed by atoms with Gasteiger partial charge in [0, 0.05) is 75.0 Å². The Balaban J connectivity index is 0.986. The number of fused-ring (bicyclic) bond motifs is 1. The SMILES string of the molecule is CCCCCCC(CCCC)CN1C(=O)C2=C(c3ccc(-c4ccc(-c5ccc(/C=C(\C#N)C(=O)NCc6ccccc6)s5)s4)s3)N(CC(CCCC)CCCCCC)C(=O)C2=C1c1ccc(-c2ccc(-c3ccc(/C=C(\C#N)C(=O)NCc4ccccc4)s3)s2)s1. The third-order valence-corrected chi connectivity index (χ3v) is 24.1. The van der Waals surface area contributed by atoms with Gasteiger partial charge in [0.15, 0.2) is 0 Å². The zero-order chi connectivity index (χ0) is 64.3. The average molecular weight is 1330 g/mol. The molecule has 0 saturated heterocycles. The van der Waals surface area contributed by atoms with Gasteiger partial charge in [-0.05, 0) is 134 Å². The number of benzene rings is 2. The molecular weight excluding hydrogens is 1250 g/mol. The maximum atomic E-state index is 16.0. The summed E-state index contributed by atoms with van der Waals surface area (Å²) < 4.78 is 0. The van der Waals surface area contributed by atoms with Crippen molar-refractivity contribution < 1.29 is 19.2 Å². The van der Waals surface area contributed by atoms with Crippen LogP contribution in [0.3, 0.4) is 0 Å². The highest BCUT2D eigenvalue weighted by molar-refractivity contribution is 7.27. The van der Waals surface area contributed by atoms with Gasteiger partial charge in [0.05, 0.1) is 32.3 Å². The molecular formula is C76H80N6O4S6. The molecule has 0 spiro atoms. The lowest BCUT2D eigenvalue weighted by atomic mass is 9.94. The number of carbonyl (C=O) groups is 4. The number of carbonyl (C=O) groups excluding carboxylic acids is 4. The van der Waals surface area contributed by atoms with Gasteiger partial charge >= 0.3 is 0 Å². The number of unbranched alkanes of at least 4 members (excludes halogenated alkanes) is 8. The molecule has 0 bridgehead atoms. The summed E-state index contributed by atoms with van der Waals surface area (Å²) >= 11 is 9.69. The number of thiophene rings is 6. The molecule has 0 radical (unpaired) electrons. The van der Waals surface area contributed by atoms with E-state index in [-0.39, 0.29) is 34.8 Å². The first-order valence-corrected chi connectivity index (χ1v) is 37.5. The predicted molar refractivity (Wildman–Crippen MR) is 386 cm³/mol. The van der Waals surface area contributed by atoms with E-state index >= 15 is 9.59 Å². The van der Waals surface area contributed by atoms with Crippen LogP contribution in [0.1, 0.15) is 161 Å². The minimum Gasteiger partial charge on any atom is -0.347 e. The van der Waals surface area contributed by atoms with Crippen LogP contribution in [0, 0.1) is 34.5 Å². The van der Waals surface area contributed by atoms with Crippen molar-refractivity contribution in [3.8, 4) is 51.2 Å². The molecule has 2 atom stereocenters. The Labute approximate surface area is 567 Å². The van der Waals surface area contributed by atoms with Crippen molar-refractivity contribution in [2.75, 3.05) is 13.1 Å². The molecule has 474 valence electrons.